The van der Waals surface area contributed by atoms with Crippen molar-refractivity contribution in [1.29, 1.82) is 5.26 Å². The van der Waals surface area contributed by atoms with Gasteiger partial charge in [-0.2, -0.15) is 13.2 Å². The van der Waals surface area contributed by atoms with Crippen LogP contribution in [0.4, 0.5) is 13.2 Å². The van der Waals surface area contributed by atoms with Crippen molar-refractivity contribution < 1.29 is 21.6 Å². The number of halogens is 3. The first-order valence-electron chi connectivity index (χ1n) is 6.79. The van der Waals surface area contributed by atoms with Crippen LogP contribution in [0.2, 0.25) is 0 Å². The van der Waals surface area contributed by atoms with E-state index in [0.717, 1.165) is 12.1 Å². The van der Waals surface area contributed by atoms with Crippen LogP contribution in [0.15, 0.2) is 58.0 Å². The summed E-state index contributed by atoms with van der Waals surface area (Å²) in [5, 5.41) is 9.19. The van der Waals surface area contributed by atoms with Crippen LogP contribution in [0.3, 0.4) is 0 Å². The molecule has 0 spiro atoms. The molecule has 124 valence electrons. The number of fused-ring (bicyclic) bond motifs is 2. The van der Waals surface area contributed by atoms with Gasteiger partial charge in [-0.1, -0.05) is 24.3 Å². The lowest BCUT2D eigenvalue weighted by Gasteiger charge is -2.24. The van der Waals surface area contributed by atoms with E-state index >= 15 is 0 Å². The van der Waals surface area contributed by atoms with E-state index in [4.69, 9.17) is 6.57 Å². The number of alkyl halides is 3. The van der Waals surface area contributed by atoms with E-state index in [1.807, 2.05) is 0 Å². The van der Waals surface area contributed by atoms with Crippen LogP contribution in [0.1, 0.15) is 16.7 Å². The molecule has 0 fully saturated rings. The molecule has 0 N–H and O–H groups in total. The highest BCUT2D eigenvalue weighted by Gasteiger charge is 2.37. The SMILES string of the molecule is [C-]#[N+]C(C#N)=C1c2ccccc2S(=O)(=O)c2cc(C(F)(F)F)ccc21. The van der Waals surface area contributed by atoms with Gasteiger partial charge in [0.25, 0.3) is 5.70 Å². The topological polar surface area (TPSA) is 62.3 Å². The largest absolute Gasteiger partial charge is 0.416 e. The van der Waals surface area contributed by atoms with Crippen LogP contribution >= 0.6 is 0 Å². The first-order valence-corrected chi connectivity index (χ1v) is 8.28. The minimum absolute atomic E-state index is 0.0200. The molecule has 25 heavy (non-hydrogen) atoms. The fraction of sp³-hybridized carbons (Fsp3) is 0.0588. The Morgan fingerprint density at radius 3 is 2.32 bits per heavy atom. The molecule has 4 nitrogen and oxygen atoms in total. The van der Waals surface area contributed by atoms with Gasteiger partial charge in [-0.25, -0.2) is 18.5 Å². The van der Waals surface area contributed by atoms with Gasteiger partial charge in [0.05, 0.1) is 28.0 Å². The monoisotopic (exact) mass is 360 g/mol. The summed E-state index contributed by atoms with van der Waals surface area (Å²) in [5.41, 5.74) is -1.44. The predicted octanol–water partition coefficient (Wildman–Crippen LogP) is 4.05. The molecule has 1 heterocycles. The summed E-state index contributed by atoms with van der Waals surface area (Å²) in [6, 6.07) is 9.57. The second-order valence-electron chi connectivity index (χ2n) is 5.16. The van der Waals surface area contributed by atoms with E-state index in [1.54, 1.807) is 6.07 Å². The highest BCUT2D eigenvalue weighted by molar-refractivity contribution is 7.91. The second-order valence-corrected chi connectivity index (χ2v) is 7.04. The van der Waals surface area contributed by atoms with E-state index in [9.17, 15) is 26.9 Å². The number of nitrogens with zero attached hydrogens (tertiary/aromatic N) is 2. The highest BCUT2D eigenvalue weighted by atomic mass is 32.2. The zero-order valence-electron chi connectivity index (χ0n) is 12.3. The van der Waals surface area contributed by atoms with Crippen molar-refractivity contribution in [2.75, 3.05) is 0 Å². The smallest absolute Gasteiger partial charge is 0.226 e. The lowest BCUT2D eigenvalue weighted by molar-refractivity contribution is -0.137. The molecule has 0 aromatic heterocycles. The van der Waals surface area contributed by atoms with Gasteiger partial charge in [0, 0.05) is 5.57 Å². The van der Waals surface area contributed by atoms with E-state index in [0.29, 0.717) is 6.07 Å². The molecule has 2 aromatic carbocycles. The van der Waals surface area contributed by atoms with Gasteiger partial charge in [0.1, 0.15) is 0 Å². The standard InChI is InChI=1S/C17H7F3N2O2S/c1-22-13(9-21)16-11-4-2-3-5-14(11)25(23,24)15-8-10(17(18,19)20)6-7-12(15)16/h2-8H. The predicted molar refractivity (Wildman–Crippen MR) is 81.6 cm³/mol. The number of hydrogen-bond acceptors (Lipinski definition) is 3. The summed E-state index contributed by atoms with van der Waals surface area (Å²) >= 11 is 0. The number of hydrogen-bond donors (Lipinski definition) is 0. The third-order valence-electron chi connectivity index (χ3n) is 3.77. The van der Waals surface area contributed by atoms with Crippen molar-refractivity contribution in [3.8, 4) is 6.07 Å². The molecule has 0 bridgehead atoms. The van der Waals surface area contributed by atoms with Crippen molar-refractivity contribution in [3.63, 3.8) is 0 Å². The number of rotatable bonds is 0. The molecule has 0 unspecified atom stereocenters. The maximum absolute atomic E-state index is 13.0. The Hall–Kier alpha value is -3.10. The second kappa shape index (κ2) is 5.47. The van der Waals surface area contributed by atoms with Gasteiger partial charge in [0.15, 0.2) is 0 Å². The van der Waals surface area contributed by atoms with Gasteiger partial charge < -0.3 is 0 Å². The first-order chi connectivity index (χ1) is 11.7. The van der Waals surface area contributed by atoms with Crippen molar-refractivity contribution in [1.82, 2.24) is 0 Å². The van der Waals surface area contributed by atoms with Crippen molar-refractivity contribution in [3.05, 3.63) is 76.3 Å². The molecule has 0 saturated carbocycles. The fourth-order valence-corrected chi connectivity index (χ4v) is 4.39. The number of sulfone groups is 1. The molecule has 0 atom stereocenters. The molecule has 0 amide bonds. The average Bonchev–Trinajstić information content (AvgIpc) is 2.57. The van der Waals surface area contributed by atoms with E-state index in [2.05, 4.69) is 4.85 Å². The number of nitriles is 1. The van der Waals surface area contributed by atoms with E-state index < -0.39 is 26.5 Å². The normalized spacial score (nSPS) is 16.8. The summed E-state index contributed by atoms with van der Waals surface area (Å²) in [7, 11) is -4.21. The molecular formula is C17H7F3N2O2S. The molecular weight excluding hydrogens is 353 g/mol. The highest BCUT2D eigenvalue weighted by Crippen LogP contribution is 2.44. The van der Waals surface area contributed by atoms with Gasteiger partial charge in [-0.3, -0.25) is 0 Å². The third-order valence-corrected chi connectivity index (χ3v) is 5.62. The van der Waals surface area contributed by atoms with Crippen LogP contribution < -0.4 is 0 Å². The van der Waals surface area contributed by atoms with Crippen LogP contribution in [0.5, 0.6) is 0 Å². The minimum Gasteiger partial charge on any atom is -0.226 e. The van der Waals surface area contributed by atoms with Crippen molar-refractivity contribution >= 4 is 15.4 Å². The third kappa shape index (κ3) is 2.48. The Morgan fingerprint density at radius 1 is 1.08 bits per heavy atom. The van der Waals surface area contributed by atoms with Gasteiger partial charge in [0.2, 0.25) is 9.84 Å². The quantitative estimate of drug-likeness (QED) is 0.449. The Bertz CT molecular complexity index is 1100. The Balaban J connectivity index is 2.50. The zero-order chi connectivity index (χ0) is 18.4. The summed E-state index contributed by atoms with van der Waals surface area (Å²) in [6.07, 6.45) is -4.72. The molecule has 1 aliphatic heterocycles. The van der Waals surface area contributed by atoms with Crippen molar-refractivity contribution in [2.45, 2.75) is 16.0 Å². The fourth-order valence-electron chi connectivity index (χ4n) is 2.69. The van der Waals surface area contributed by atoms with Crippen LogP contribution in [-0.2, 0) is 16.0 Å². The van der Waals surface area contributed by atoms with Crippen molar-refractivity contribution in [2.24, 2.45) is 0 Å². The molecule has 1 aliphatic rings. The molecule has 0 aliphatic carbocycles. The molecule has 0 radical (unpaired) electrons. The van der Waals surface area contributed by atoms with E-state index in [1.165, 1.54) is 24.3 Å². The van der Waals surface area contributed by atoms with Gasteiger partial charge in [-0.15, -0.1) is 0 Å². The molecule has 3 rings (SSSR count). The Morgan fingerprint density at radius 2 is 1.72 bits per heavy atom. The number of benzene rings is 2. The summed E-state index contributed by atoms with van der Waals surface area (Å²) < 4.78 is 64.5. The molecule has 2 aromatic rings. The van der Waals surface area contributed by atoms with Crippen LogP contribution in [-0.4, -0.2) is 8.42 Å². The summed E-state index contributed by atoms with van der Waals surface area (Å²) in [6.45, 7) is 7.13. The van der Waals surface area contributed by atoms with Crippen LogP contribution in [0.25, 0.3) is 10.4 Å². The Kier molecular flexibility index (Phi) is 3.66. The first kappa shape index (κ1) is 16.7. The molecule has 0 saturated heterocycles. The maximum atomic E-state index is 13.0. The summed E-state index contributed by atoms with van der Waals surface area (Å²) in [5.74, 6) is 0. The lowest BCUT2D eigenvalue weighted by Crippen LogP contribution is -2.16. The van der Waals surface area contributed by atoms with Gasteiger partial charge in [-0.05, 0) is 29.3 Å². The Labute approximate surface area is 141 Å². The number of allylic oxidation sites excluding steroid dienone is 1. The van der Waals surface area contributed by atoms with E-state index in [-0.39, 0.29) is 27.3 Å². The minimum atomic E-state index is -4.72. The average molecular weight is 360 g/mol. The maximum Gasteiger partial charge on any atom is 0.416 e. The zero-order valence-corrected chi connectivity index (χ0v) is 13.1. The van der Waals surface area contributed by atoms with Gasteiger partial charge >= 0.3 is 6.18 Å². The van der Waals surface area contributed by atoms with Crippen LogP contribution in [0, 0.1) is 17.9 Å². The summed E-state index contributed by atoms with van der Waals surface area (Å²) in [4.78, 5) is 2.31. The molecule has 8 heteroatoms. The lowest BCUT2D eigenvalue weighted by atomic mass is 9.94.